The van der Waals surface area contributed by atoms with Crippen LogP contribution in [0, 0.1) is 12.8 Å². The van der Waals surface area contributed by atoms with Crippen LogP contribution in [-0.2, 0) is 16.1 Å². The molecule has 1 aliphatic carbocycles. The smallest absolute Gasteiger partial charge is 0.326 e. The zero-order valence-corrected chi connectivity index (χ0v) is 21.9. The lowest BCUT2D eigenvalue weighted by Crippen LogP contribution is -2.41. The summed E-state index contributed by atoms with van der Waals surface area (Å²) < 4.78 is 5.99. The number of amides is 1. The lowest BCUT2D eigenvalue weighted by atomic mass is 9.86. The molecule has 0 aliphatic heterocycles. The third-order valence-corrected chi connectivity index (χ3v) is 7.52. The van der Waals surface area contributed by atoms with E-state index >= 15 is 0 Å². The normalized spacial score (nSPS) is 15.0. The number of nitrogens with one attached hydrogen (secondary N) is 1. The number of thioether (sulfide) groups is 1. The lowest BCUT2D eigenvalue weighted by molar-refractivity contribution is -0.139. The molecule has 1 aliphatic rings. The Bertz CT molecular complexity index is 971. The topological polar surface area (TPSA) is 75.6 Å². The molecule has 6 heteroatoms. The monoisotopic (exact) mass is 497 g/mol. The number of hydrogen-bond donors (Lipinski definition) is 2. The van der Waals surface area contributed by atoms with Crippen molar-refractivity contribution >= 4 is 23.6 Å². The van der Waals surface area contributed by atoms with E-state index in [1.165, 1.54) is 38.5 Å². The second-order valence-corrected chi connectivity index (χ2v) is 10.5. The molecule has 2 N–H and O–H groups in total. The molecule has 1 saturated carbocycles. The Kier molecular flexibility index (Phi) is 11.1. The van der Waals surface area contributed by atoms with Crippen LogP contribution in [0.4, 0.5) is 0 Å². The van der Waals surface area contributed by atoms with E-state index in [-0.39, 0.29) is 5.91 Å². The Hall–Kier alpha value is -2.31. The van der Waals surface area contributed by atoms with E-state index in [2.05, 4.69) is 5.32 Å². The van der Waals surface area contributed by atoms with Gasteiger partial charge in [-0.25, -0.2) is 4.79 Å². The molecule has 3 rings (SSSR count). The number of ether oxygens (including phenoxy) is 1. The molecule has 0 aromatic heterocycles. The maximum Gasteiger partial charge on any atom is 0.326 e. The molecule has 190 valence electrons. The van der Waals surface area contributed by atoms with Crippen LogP contribution < -0.4 is 5.32 Å². The summed E-state index contributed by atoms with van der Waals surface area (Å²) >= 11 is 1.56. The van der Waals surface area contributed by atoms with Gasteiger partial charge in [-0.2, -0.15) is 11.8 Å². The van der Waals surface area contributed by atoms with Crippen molar-refractivity contribution in [3.63, 3.8) is 0 Å². The molecule has 1 atom stereocenters. The van der Waals surface area contributed by atoms with Gasteiger partial charge in [0.25, 0.3) is 5.91 Å². The van der Waals surface area contributed by atoms with Crippen molar-refractivity contribution in [1.82, 2.24) is 5.32 Å². The Morgan fingerprint density at radius 2 is 1.89 bits per heavy atom. The van der Waals surface area contributed by atoms with E-state index in [0.717, 1.165) is 41.2 Å². The highest BCUT2D eigenvalue weighted by Gasteiger charge is 2.22. The predicted molar refractivity (Wildman–Crippen MR) is 144 cm³/mol. The molecule has 0 saturated heterocycles. The average molecular weight is 498 g/mol. The SMILES string of the molecule is CSCCC(NC(=O)c1ccc(COCCCC2CCCCC2)cc1-c1ccccc1C)C(=O)O. The predicted octanol–water partition coefficient (Wildman–Crippen LogP) is 6.48. The Balaban J connectivity index is 1.70. The lowest BCUT2D eigenvalue weighted by Gasteiger charge is -2.21. The second kappa shape index (κ2) is 14.3. The highest BCUT2D eigenvalue weighted by molar-refractivity contribution is 7.98. The van der Waals surface area contributed by atoms with Crippen molar-refractivity contribution in [2.45, 2.75) is 70.9 Å². The molecule has 1 amide bonds. The van der Waals surface area contributed by atoms with E-state index in [0.29, 0.717) is 24.3 Å². The zero-order valence-electron chi connectivity index (χ0n) is 21.1. The van der Waals surface area contributed by atoms with Crippen molar-refractivity contribution in [2.75, 3.05) is 18.6 Å². The molecule has 1 fully saturated rings. The van der Waals surface area contributed by atoms with Gasteiger partial charge in [0.05, 0.1) is 6.61 Å². The molecular weight excluding hydrogens is 458 g/mol. The molecule has 2 aromatic carbocycles. The van der Waals surface area contributed by atoms with E-state index < -0.39 is 12.0 Å². The molecule has 1 unspecified atom stereocenters. The fourth-order valence-electron chi connectivity index (χ4n) is 4.85. The summed E-state index contributed by atoms with van der Waals surface area (Å²) in [5.74, 6) is 0.155. The van der Waals surface area contributed by atoms with E-state index in [9.17, 15) is 14.7 Å². The summed E-state index contributed by atoms with van der Waals surface area (Å²) in [6.07, 6.45) is 11.5. The number of carbonyl (C=O) groups is 2. The summed E-state index contributed by atoms with van der Waals surface area (Å²) in [5.41, 5.74) is 4.32. The van der Waals surface area contributed by atoms with Gasteiger partial charge in [0.2, 0.25) is 0 Å². The molecule has 0 bridgehead atoms. The molecule has 2 aromatic rings. The van der Waals surface area contributed by atoms with Gasteiger partial charge in [0, 0.05) is 12.2 Å². The van der Waals surface area contributed by atoms with E-state index in [1.54, 1.807) is 17.8 Å². The standard InChI is InChI=1S/C29H39NO4S/c1-21-9-6-7-13-24(21)26-19-23(20-34-17-8-12-22-10-4-3-5-11-22)14-15-25(26)28(31)30-27(29(32)33)16-18-35-2/h6-7,9,13-15,19,22,27H,3-5,8,10-12,16-18,20H2,1-2H3,(H,30,31)(H,32,33). The Morgan fingerprint density at radius 1 is 1.11 bits per heavy atom. The van der Waals surface area contributed by atoms with Crippen LogP contribution in [0.2, 0.25) is 0 Å². The molecule has 35 heavy (non-hydrogen) atoms. The van der Waals surface area contributed by atoms with Gasteiger partial charge >= 0.3 is 5.97 Å². The Labute approximate surface area is 214 Å². The number of carboxylic acid groups (broad SMARTS) is 1. The molecular formula is C29H39NO4S. The van der Waals surface area contributed by atoms with Crippen molar-refractivity contribution in [2.24, 2.45) is 5.92 Å². The van der Waals surface area contributed by atoms with Gasteiger partial charge < -0.3 is 15.2 Å². The maximum absolute atomic E-state index is 13.2. The largest absolute Gasteiger partial charge is 0.480 e. The summed E-state index contributed by atoms with van der Waals surface area (Å²) in [5, 5.41) is 12.3. The number of carbonyl (C=O) groups excluding carboxylic acids is 1. The van der Waals surface area contributed by atoms with Gasteiger partial charge in [-0.3, -0.25) is 4.79 Å². The minimum absolute atomic E-state index is 0.364. The zero-order chi connectivity index (χ0) is 25.0. The van der Waals surface area contributed by atoms with Crippen LogP contribution in [-0.4, -0.2) is 41.6 Å². The number of aryl methyl sites for hydroxylation is 1. The van der Waals surface area contributed by atoms with Gasteiger partial charge in [0.1, 0.15) is 6.04 Å². The number of benzene rings is 2. The first kappa shape index (κ1) is 27.3. The first-order valence-corrected chi connectivity index (χ1v) is 14.2. The van der Waals surface area contributed by atoms with Crippen molar-refractivity contribution in [3.05, 3.63) is 59.2 Å². The fraction of sp³-hybridized carbons (Fsp3) is 0.517. The van der Waals surface area contributed by atoms with Crippen LogP contribution in [0.3, 0.4) is 0 Å². The molecule has 0 spiro atoms. The van der Waals surface area contributed by atoms with Crippen LogP contribution in [0.5, 0.6) is 0 Å². The summed E-state index contributed by atoms with van der Waals surface area (Å²) in [6.45, 7) is 3.26. The highest BCUT2D eigenvalue weighted by atomic mass is 32.2. The van der Waals surface area contributed by atoms with Crippen LogP contribution in [0.15, 0.2) is 42.5 Å². The van der Waals surface area contributed by atoms with Crippen molar-refractivity contribution < 1.29 is 19.4 Å². The van der Waals surface area contributed by atoms with Gasteiger partial charge in [-0.05, 0) is 78.5 Å². The first-order chi connectivity index (χ1) is 17.0. The van der Waals surface area contributed by atoms with Gasteiger partial charge in [-0.15, -0.1) is 0 Å². The second-order valence-electron chi connectivity index (χ2n) is 9.54. The quantitative estimate of drug-likeness (QED) is 0.310. The van der Waals surface area contributed by atoms with Crippen molar-refractivity contribution in [3.8, 4) is 11.1 Å². The fourth-order valence-corrected chi connectivity index (χ4v) is 5.32. The van der Waals surface area contributed by atoms with Crippen LogP contribution >= 0.6 is 11.8 Å². The van der Waals surface area contributed by atoms with Crippen LogP contribution in [0.1, 0.15) is 72.9 Å². The molecule has 5 nitrogen and oxygen atoms in total. The number of hydrogen-bond acceptors (Lipinski definition) is 4. The van der Waals surface area contributed by atoms with E-state index in [4.69, 9.17) is 4.74 Å². The van der Waals surface area contributed by atoms with Gasteiger partial charge in [-0.1, -0.05) is 62.4 Å². The number of carboxylic acids is 1. The Morgan fingerprint density at radius 3 is 2.60 bits per heavy atom. The third kappa shape index (κ3) is 8.39. The highest BCUT2D eigenvalue weighted by Crippen LogP contribution is 2.29. The van der Waals surface area contributed by atoms with Gasteiger partial charge in [0.15, 0.2) is 0 Å². The summed E-state index contributed by atoms with van der Waals surface area (Å²) in [4.78, 5) is 24.8. The average Bonchev–Trinajstić information content (AvgIpc) is 2.87. The maximum atomic E-state index is 13.2. The number of rotatable bonds is 13. The molecule has 0 heterocycles. The minimum Gasteiger partial charge on any atom is -0.480 e. The summed E-state index contributed by atoms with van der Waals surface area (Å²) in [6, 6.07) is 12.8. The van der Waals surface area contributed by atoms with Crippen molar-refractivity contribution in [1.29, 1.82) is 0 Å². The summed E-state index contributed by atoms with van der Waals surface area (Å²) in [7, 11) is 0. The first-order valence-electron chi connectivity index (χ1n) is 12.8. The van der Waals surface area contributed by atoms with Crippen LogP contribution in [0.25, 0.3) is 11.1 Å². The van der Waals surface area contributed by atoms with E-state index in [1.807, 2.05) is 49.6 Å². The molecule has 0 radical (unpaired) electrons. The minimum atomic E-state index is -1.01. The number of aliphatic carboxylic acids is 1. The third-order valence-electron chi connectivity index (χ3n) is 6.87.